The van der Waals surface area contributed by atoms with Crippen molar-refractivity contribution in [3.63, 3.8) is 0 Å². The molecule has 0 spiro atoms. The molecular weight excluding hydrogens is 541 g/mol. The second-order valence-corrected chi connectivity index (χ2v) is 9.05. The van der Waals surface area contributed by atoms with E-state index in [4.69, 9.17) is 32.5 Å². The van der Waals surface area contributed by atoms with E-state index in [1.807, 2.05) is 3.11 Å². The van der Waals surface area contributed by atoms with E-state index in [2.05, 4.69) is 47.9 Å². The number of azide groups is 1. The highest BCUT2D eigenvalue weighted by molar-refractivity contribution is 14.1. The number of piperidine rings is 1. The van der Waals surface area contributed by atoms with E-state index < -0.39 is 12.2 Å². The SMILES string of the molecule is [N-]=[N+]=NCOc1ccc(COC2C(C(=O)ON)=CNC(N3CC4CC4C3)N2I)cc1Cl. The largest absolute Gasteiger partial charge is 0.486 e. The van der Waals surface area contributed by atoms with E-state index in [1.165, 1.54) is 6.42 Å². The summed E-state index contributed by atoms with van der Waals surface area (Å²) in [4.78, 5) is 21.6. The Bertz CT molecular complexity index is 918. The van der Waals surface area contributed by atoms with Crippen LogP contribution < -0.4 is 16.0 Å². The molecule has 0 amide bonds. The molecule has 2 aliphatic heterocycles. The van der Waals surface area contributed by atoms with E-state index in [0.717, 1.165) is 30.5 Å². The summed E-state index contributed by atoms with van der Waals surface area (Å²) in [5.74, 6) is 6.39. The summed E-state index contributed by atoms with van der Waals surface area (Å²) in [7, 11) is 0. The highest BCUT2D eigenvalue weighted by Crippen LogP contribution is 2.46. The van der Waals surface area contributed by atoms with Crippen LogP contribution in [0.4, 0.5) is 0 Å². The van der Waals surface area contributed by atoms with Crippen LogP contribution in [-0.4, -0.2) is 46.3 Å². The predicted molar refractivity (Wildman–Crippen MR) is 119 cm³/mol. The van der Waals surface area contributed by atoms with Crippen molar-refractivity contribution in [1.82, 2.24) is 13.3 Å². The Morgan fingerprint density at radius 1 is 1.42 bits per heavy atom. The van der Waals surface area contributed by atoms with Crippen molar-refractivity contribution < 1.29 is 19.1 Å². The number of hydrogen-bond acceptors (Lipinski definition) is 9. The Kier molecular flexibility index (Phi) is 7.06. The third-order valence-electron chi connectivity index (χ3n) is 5.55. The first-order valence-corrected chi connectivity index (χ1v) is 10.9. The summed E-state index contributed by atoms with van der Waals surface area (Å²) in [6.45, 7) is 2.07. The van der Waals surface area contributed by atoms with Crippen molar-refractivity contribution in [2.75, 3.05) is 19.8 Å². The van der Waals surface area contributed by atoms with Gasteiger partial charge in [-0.1, -0.05) is 22.8 Å². The van der Waals surface area contributed by atoms with Gasteiger partial charge in [0.15, 0.2) is 13.0 Å². The van der Waals surface area contributed by atoms with Gasteiger partial charge < -0.3 is 19.6 Å². The molecular formula is C18H21ClIN7O4. The molecule has 1 aromatic carbocycles. The van der Waals surface area contributed by atoms with Gasteiger partial charge in [0.2, 0.25) is 0 Å². The molecule has 1 saturated heterocycles. The van der Waals surface area contributed by atoms with Gasteiger partial charge in [-0.15, -0.1) is 0 Å². The number of ether oxygens (including phenoxy) is 2. The van der Waals surface area contributed by atoms with Gasteiger partial charge in [-0.2, -0.15) is 9.01 Å². The van der Waals surface area contributed by atoms with Crippen molar-refractivity contribution in [3.05, 3.63) is 51.0 Å². The number of fused-ring (bicyclic) bond motifs is 1. The van der Waals surface area contributed by atoms with Gasteiger partial charge in [-0.05, 0) is 41.5 Å². The van der Waals surface area contributed by atoms with Crippen LogP contribution in [0.2, 0.25) is 5.02 Å². The van der Waals surface area contributed by atoms with Crippen LogP contribution in [0.3, 0.4) is 0 Å². The minimum atomic E-state index is -0.667. The van der Waals surface area contributed by atoms with Crippen molar-refractivity contribution in [3.8, 4) is 5.75 Å². The van der Waals surface area contributed by atoms with Crippen LogP contribution in [0.25, 0.3) is 10.4 Å². The van der Waals surface area contributed by atoms with Crippen LogP contribution in [0.15, 0.2) is 35.1 Å². The lowest BCUT2D eigenvalue weighted by molar-refractivity contribution is -0.144. The highest BCUT2D eigenvalue weighted by Gasteiger charge is 2.49. The number of benzene rings is 1. The molecule has 3 aliphatic rings. The molecule has 1 aromatic rings. The van der Waals surface area contributed by atoms with Crippen molar-refractivity contribution >= 4 is 40.4 Å². The molecule has 0 radical (unpaired) electrons. The van der Waals surface area contributed by atoms with Crippen LogP contribution in [0.1, 0.15) is 12.0 Å². The summed E-state index contributed by atoms with van der Waals surface area (Å²) in [6, 6.07) is 5.15. The summed E-state index contributed by atoms with van der Waals surface area (Å²) in [6.07, 6.45) is 2.14. The normalized spacial score (nSPS) is 27.5. The fraction of sp³-hybridized carbons (Fsp3) is 0.500. The predicted octanol–water partition coefficient (Wildman–Crippen LogP) is 2.62. The molecule has 31 heavy (non-hydrogen) atoms. The second kappa shape index (κ2) is 9.77. The summed E-state index contributed by atoms with van der Waals surface area (Å²) in [5.41, 5.74) is 9.38. The number of nitrogens with two attached hydrogens (primary N) is 1. The Balaban J connectivity index is 1.44. The molecule has 1 aliphatic carbocycles. The Labute approximate surface area is 197 Å². The molecule has 4 atom stereocenters. The zero-order chi connectivity index (χ0) is 22.0. The number of rotatable bonds is 8. The lowest BCUT2D eigenvalue weighted by atomic mass is 10.2. The van der Waals surface area contributed by atoms with Crippen molar-refractivity contribution in [2.24, 2.45) is 22.8 Å². The molecule has 2 heterocycles. The van der Waals surface area contributed by atoms with Gasteiger partial charge in [-0.25, -0.2) is 4.79 Å². The Morgan fingerprint density at radius 3 is 2.87 bits per heavy atom. The number of likely N-dealkylation sites (tertiary alicyclic amines) is 1. The number of halogens is 2. The smallest absolute Gasteiger partial charge is 0.358 e. The maximum absolute atomic E-state index is 12.2. The van der Waals surface area contributed by atoms with Gasteiger partial charge in [0.25, 0.3) is 0 Å². The third kappa shape index (κ3) is 5.00. The standard InChI is InChI=1S/C18H21ClIN7O4/c19-14-3-10(1-2-15(14)30-9-24-25-21)8-29-16-13(17(28)31-22)5-23-18(27(16)20)26-6-11-4-12(11)7-26/h1-3,5,11-12,16,18,23H,4,6-9,22H2. The number of nitrogens with one attached hydrogen (secondary N) is 1. The van der Waals surface area contributed by atoms with Gasteiger partial charge in [0.1, 0.15) is 12.0 Å². The first-order valence-electron chi connectivity index (χ1n) is 9.61. The monoisotopic (exact) mass is 561 g/mol. The minimum Gasteiger partial charge on any atom is -0.486 e. The first-order chi connectivity index (χ1) is 15.0. The Morgan fingerprint density at radius 2 is 2.19 bits per heavy atom. The van der Waals surface area contributed by atoms with Crippen molar-refractivity contribution in [1.29, 1.82) is 0 Å². The van der Waals surface area contributed by atoms with Crippen LogP contribution in [0.5, 0.6) is 5.75 Å². The Hall–Kier alpha value is -1.80. The van der Waals surface area contributed by atoms with Crippen LogP contribution in [0, 0.1) is 11.8 Å². The van der Waals surface area contributed by atoms with E-state index in [-0.39, 0.29) is 25.2 Å². The molecule has 11 nitrogen and oxygen atoms in total. The number of carbonyl (C=O) groups excluding carboxylic acids is 1. The molecule has 3 N–H and O–H groups in total. The quantitative estimate of drug-likeness (QED) is 0.123. The lowest BCUT2D eigenvalue weighted by Crippen LogP contribution is -2.58. The molecule has 13 heteroatoms. The van der Waals surface area contributed by atoms with Gasteiger partial charge >= 0.3 is 5.97 Å². The molecule has 0 bridgehead atoms. The first kappa shape index (κ1) is 22.4. The van der Waals surface area contributed by atoms with Gasteiger partial charge in [-0.3, -0.25) is 4.90 Å². The number of carbonyl (C=O) groups is 1. The van der Waals surface area contributed by atoms with E-state index in [9.17, 15) is 4.79 Å². The average Bonchev–Trinajstić information content (AvgIpc) is 3.38. The molecule has 166 valence electrons. The fourth-order valence-electron chi connectivity index (χ4n) is 3.90. The molecule has 4 rings (SSSR count). The molecule has 0 aromatic heterocycles. The van der Waals surface area contributed by atoms with Crippen LogP contribution >= 0.6 is 34.5 Å². The van der Waals surface area contributed by atoms with Gasteiger partial charge in [0.05, 0.1) is 17.2 Å². The maximum Gasteiger partial charge on any atom is 0.358 e. The van der Waals surface area contributed by atoms with Crippen molar-refractivity contribution in [2.45, 2.75) is 25.5 Å². The highest BCUT2D eigenvalue weighted by atomic mass is 127. The fourth-order valence-corrected chi connectivity index (χ4v) is 5.13. The minimum absolute atomic E-state index is 0.104. The number of nitrogens with zero attached hydrogens (tertiary/aromatic N) is 5. The number of hydrogen-bond donors (Lipinski definition) is 2. The van der Waals surface area contributed by atoms with E-state index >= 15 is 0 Å². The second-order valence-electron chi connectivity index (χ2n) is 7.53. The molecule has 2 fully saturated rings. The van der Waals surface area contributed by atoms with E-state index in [0.29, 0.717) is 10.8 Å². The van der Waals surface area contributed by atoms with Gasteiger partial charge in [0, 0.05) is 47.1 Å². The maximum atomic E-state index is 12.2. The molecule has 1 saturated carbocycles. The summed E-state index contributed by atoms with van der Waals surface area (Å²) in [5, 5.41) is 6.93. The molecule has 4 unspecified atom stereocenters. The summed E-state index contributed by atoms with van der Waals surface area (Å²) >= 11 is 8.40. The third-order valence-corrected chi connectivity index (χ3v) is 6.88. The topological polar surface area (TPSA) is 138 Å². The summed E-state index contributed by atoms with van der Waals surface area (Å²) < 4.78 is 13.3. The zero-order valence-corrected chi connectivity index (χ0v) is 19.3. The lowest BCUT2D eigenvalue weighted by Gasteiger charge is -2.41. The van der Waals surface area contributed by atoms with E-state index in [1.54, 1.807) is 24.4 Å². The van der Waals surface area contributed by atoms with Crippen LogP contribution in [-0.2, 0) is 21.0 Å². The average molecular weight is 562 g/mol. The zero-order valence-electron chi connectivity index (χ0n) is 16.4.